The number of nitrogens with zero attached hydrogens (tertiary/aromatic N) is 1. The first-order chi connectivity index (χ1) is 8.54. The van der Waals surface area contributed by atoms with Crippen molar-refractivity contribution in [2.24, 2.45) is 0 Å². The molecular weight excluding hydrogens is 271 g/mol. The molecule has 98 valence electrons. The Bertz CT molecular complexity index is 430. The van der Waals surface area contributed by atoms with E-state index in [0.29, 0.717) is 16.5 Å². The van der Waals surface area contributed by atoms with Crippen LogP contribution in [0.1, 0.15) is 18.4 Å². The Morgan fingerprint density at radius 3 is 2.61 bits per heavy atom. The van der Waals surface area contributed by atoms with Gasteiger partial charge in [-0.2, -0.15) is 0 Å². The zero-order chi connectivity index (χ0) is 13.1. The van der Waals surface area contributed by atoms with Crippen LogP contribution in [0, 0.1) is 0 Å². The number of piperidine rings is 1. The molecule has 1 aliphatic heterocycles. The molecule has 1 saturated heterocycles. The maximum atomic E-state index is 11.4. The first-order valence-corrected chi connectivity index (χ1v) is 6.72. The molecule has 1 amide bonds. The van der Waals surface area contributed by atoms with E-state index in [9.17, 15) is 4.79 Å². The normalized spacial score (nSPS) is 20.0. The zero-order valence-corrected chi connectivity index (χ0v) is 11.8. The quantitative estimate of drug-likeness (QED) is 0.927. The van der Waals surface area contributed by atoms with Gasteiger partial charge in [0.05, 0.1) is 0 Å². The van der Waals surface area contributed by atoms with E-state index in [1.54, 1.807) is 6.07 Å². The highest BCUT2D eigenvalue weighted by atomic mass is 35.5. The maximum absolute atomic E-state index is 11.4. The first-order valence-electron chi connectivity index (χ1n) is 5.96. The standard InChI is InChI=1S/C13H16Cl2N2O/c1-17(12-2-3-16-13(18)7-12)8-9-4-10(14)6-11(15)5-9/h4-6,12H,2-3,7-8H2,1H3,(H,16,18). The van der Waals surface area contributed by atoms with E-state index in [1.807, 2.05) is 19.2 Å². The van der Waals surface area contributed by atoms with Crippen molar-refractivity contribution in [3.63, 3.8) is 0 Å². The van der Waals surface area contributed by atoms with Crippen LogP contribution in [-0.4, -0.2) is 30.4 Å². The number of rotatable bonds is 3. The van der Waals surface area contributed by atoms with Gasteiger partial charge in [0.1, 0.15) is 0 Å². The lowest BCUT2D eigenvalue weighted by atomic mass is 10.0. The van der Waals surface area contributed by atoms with Gasteiger partial charge in [0.15, 0.2) is 0 Å². The summed E-state index contributed by atoms with van der Waals surface area (Å²) in [5.41, 5.74) is 1.07. The van der Waals surface area contributed by atoms with Crippen LogP contribution in [0.25, 0.3) is 0 Å². The first kappa shape index (κ1) is 13.7. The van der Waals surface area contributed by atoms with Gasteiger partial charge in [0.25, 0.3) is 0 Å². The number of carbonyl (C=O) groups excluding carboxylic acids is 1. The van der Waals surface area contributed by atoms with Crippen LogP contribution in [-0.2, 0) is 11.3 Å². The lowest BCUT2D eigenvalue weighted by Gasteiger charge is -2.31. The predicted octanol–water partition coefficient (Wildman–Crippen LogP) is 2.70. The number of nitrogens with one attached hydrogen (secondary N) is 1. The van der Waals surface area contributed by atoms with Crippen molar-refractivity contribution in [3.8, 4) is 0 Å². The molecule has 1 N–H and O–H groups in total. The van der Waals surface area contributed by atoms with Gasteiger partial charge in [-0.15, -0.1) is 0 Å². The van der Waals surface area contributed by atoms with Gasteiger partial charge in [-0.3, -0.25) is 9.69 Å². The van der Waals surface area contributed by atoms with Crippen LogP contribution in [0.2, 0.25) is 10.0 Å². The second-order valence-corrected chi connectivity index (χ2v) is 5.56. The summed E-state index contributed by atoms with van der Waals surface area (Å²) in [6.07, 6.45) is 1.54. The minimum absolute atomic E-state index is 0.127. The van der Waals surface area contributed by atoms with Crippen molar-refractivity contribution in [2.45, 2.75) is 25.4 Å². The Hall–Kier alpha value is -0.770. The van der Waals surface area contributed by atoms with Crippen LogP contribution in [0.5, 0.6) is 0 Å². The maximum Gasteiger partial charge on any atom is 0.221 e. The molecule has 3 nitrogen and oxygen atoms in total. The highest BCUT2D eigenvalue weighted by Crippen LogP contribution is 2.21. The summed E-state index contributed by atoms with van der Waals surface area (Å²) in [6.45, 7) is 1.50. The third kappa shape index (κ3) is 3.61. The topological polar surface area (TPSA) is 32.3 Å². The molecule has 0 aliphatic carbocycles. The van der Waals surface area contributed by atoms with E-state index in [1.165, 1.54) is 0 Å². The van der Waals surface area contributed by atoms with Crippen molar-refractivity contribution in [2.75, 3.05) is 13.6 Å². The number of amides is 1. The molecule has 18 heavy (non-hydrogen) atoms. The monoisotopic (exact) mass is 286 g/mol. The van der Waals surface area contributed by atoms with Crippen molar-refractivity contribution < 1.29 is 4.79 Å². The highest BCUT2D eigenvalue weighted by molar-refractivity contribution is 6.34. The Kier molecular flexibility index (Phi) is 4.49. The third-order valence-corrected chi connectivity index (χ3v) is 3.63. The molecule has 0 saturated carbocycles. The smallest absolute Gasteiger partial charge is 0.221 e. The van der Waals surface area contributed by atoms with Gasteiger partial charge in [-0.05, 0) is 37.2 Å². The minimum Gasteiger partial charge on any atom is -0.356 e. The molecule has 0 bridgehead atoms. The van der Waals surface area contributed by atoms with E-state index < -0.39 is 0 Å². The molecule has 1 fully saturated rings. The van der Waals surface area contributed by atoms with E-state index >= 15 is 0 Å². The fourth-order valence-electron chi connectivity index (χ4n) is 2.26. The number of halogens is 2. The number of benzene rings is 1. The third-order valence-electron chi connectivity index (χ3n) is 3.20. The summed E-state index contributed by atoms with van der Waals surface area (Å²) in [5.74, 6) is 0.127. The number of carbonyl (C=O) groups is 1. The van der Waals surface area contributed by atoms with Gasteiger partial charge in [0.2, 0.25) is 5.91 Å². The van der Waals surface area contributed by atoms with E-state index in [0.717, 1.165) is 25.1 Å². The second kappa shape index (κ2) is 5.91. The predicted molar refractivity (Wildman–Crippen MR) is 74.0 cm³/mol. The van der Waals surface area contributed by atoms with E-state index in [4.69, 9.17) is 23.2 Å². The summed E-state index contributed by atoms with van der Waals surface area (Å²) in [7, 11) is 2.03. The number of hydrogen-bond donors (Lipinski definition) is 1. The molecule has 1 heterocycles. The summed E-state index contributed by atoms with van der Waals surface area (Å²) in [5, 5.41) is 4.13. The molecule has 2 rings (SSSR count). The zero-order valence-electron chi connectivity index (χ0n) is 10.2. The Morgan fingerprint density at radius 2 is 2.00 bits per heavy atom. The molecule has 1 aromatic carbocycles. The summed E-state index contributed by atoms with van der Waals surface area (Å²) >= 11 is 12.0. The molecule has 0 aromatic heterocycles. The SMILES string of the molecule is CN(Cc1cc(Cl)cc(Cl)c1)C1CCNC(=O)C1. The lowest BCUT2D eigenvalue weighted by Crippen LogP contribution is -2.43. The largest absolute Gasteiger partial charge is 0.356 e. The average molecular weight is 287 g/mol. The van der Waals surface area contributed by atoms with Crippen LogP contribution in [0.15, 0.2) is 18.2 Å². The molecular formula is C13H16Cl2N2O. The molecule has 5 heteroatoms. The van der Waals surface area contributed by atoms with Crippen LogP contribution >= 0.6 is 23.2 Å². The molecule has 0 spiro atoms. The minimum atomic E-state index is 0.127. The van der Waals surface area contributed by atoms with Crippen LogP contribution in [0.4, 0.5) is 0 Å². The average Bonchev–Trinajstić information content (AvgIpc) is 2.27. The van der Waals surface area contributed by atoms with Crippen molar-refractivity contribution in [3.05, 3.63) is 33.8 Å². The fraction of sp³-hybridized carbons (Fsp3) is 0.462. The lowest BCUT2D eigenvalue weighted by molar-refractivity contribution is -0.123. The highest BCUT2D eigenvalue weighted by Gasteiger charge is 2.22. The van der Waals surface area contributed by atoms with Gasteiger partial charge in [-0.25, -0.2) is 0 Å². The molecule has 1 atom stereocenters. The Labute approximate surface area is 117 Å². The van der Waals surface area contributed by atoms with Gasteiger partial charge < -0.3 is 5.32 Å². The number of hydrogen-bond acceptors (Lipinski definition) is 2. The van der Waals surface area contributed by atoms with Gasteiger partial charge in [0, 0.05) is 35.6 Å². The van der Waals surface area contributed by atoms with Crippen molar-refractivity contribution >= 4 is 29.1 Å². The van der Waals surface area contributed by atoms with Crippen molar-refractivity contribution in [1.29, 1.82) is 0 Å². The summed E-state index contributed by atoms with van der Waals surface area (Å²) in [6, 6.07) is 5.83. The molecule has 1 aliphatic rings. The molecule has 0 radical (unpaired) electrons. The van der Waals surface area contributed by atoms with Crippen molar-refractivity contribution in [1.82, 2.24) is 10.2 Å². The van der Waals surface area contributed by atoms with Gasteiger partial charge >= 0.3 is 0 Å². The molecule has 1 unspecified atom stereocenters. The summed E-state index contributed by atoms with van der Waals surface area (Å²) < 4.78 is 0. The van der Waals surface area contributed by atoms with Gasteiger partial charge in [-0.1, -0.05) is 23.2 Å². The summed E-state index contributed by atoms with van der Waals surface area (Å²) in [4.78, 5) is 13.5. The van der Waals surface area contributed by atoms with E-state index in [-0.39, 0.29) is 11.9 Å². The second-order valence-electron chi connectivity index (χ2n) is 4.69. The fourth-order valence-corrected chi connectivity index (χ4v) is 2.83. The Balaban J connectivity index is 2.01. The van der Waals surface area contributed by atoms with Crippen LogP contribution in [0.3, 0.4) is 0 Å². The Morgan fingerprint density at radius 1 is 1.33 bits per heavy atom. The van der Waals surface area contributed by atoms with Crippen LogP contribution < -0.4 is 5.32 Å². The van der Waals surface area contributed by atoms with E-state index in [2.05, 4.69) is 10.2 Å². The molecule has 1 aromatic rings.